The molecule has 0 aromatic heterocycles. The fourth-order valence-corrected chi connectivity index (χ4v) is 2.46. The van der Waals surface area contributed by atoms with Crippen LogP contribution in [-0.4, -0.2) is 11.5 Å². The Morgan fingerprint density at radius 1 is 1.62 bits per heavy atom. The van der Waals surface area contributed by atoms with Gasteiger partial charge in [0.1, 0.15) is 0 Å². The highest BCUT2D eigenvalue weighted by molar-refractivity contribution is 9.11. The van der Waals surface area contributed by atoms with Crippen molar-refractivity contribution in [1.29, 1.82) is 0 Å². The van der Waals surface area contributed by atoms with E-state index in [1.165, 1.54) is 17.9 Å². The summed E-state index contributed by atoms with van der Waals surface area (Å²) >= 11 is 5.32. The molecule has 1 saturated heterocycles. The summed E-state index contributed by atoms with van der Waals surface area (Å²) in [6, 6.07) is 0. The molecule has 1 rings (SSSR count). The third-order valence-corrected chi connectivity index (χ3v) is 2.80. The van der Waals surface area contributed by atoms with Gasteiger partial charge in [0.15, 0.2) is 0 Å². The average molecular weight is 193 g/mol. The maximum Gasteiger partial charge on any atom is -0.000387 e. The standard InChI is InChI=1S/C6H9BrS/c7-3-1-6-2-4-8-5-6/h1,3,6H,2,4-5H2/b3-1+. The van der Waals surface area contributed by atoms with E-state index in [2.05, 4.69) is 33.8 Å². The number of rotatable bonds is 1. The average Bonchev–Trinajstić information content (AvgIpc) is 2.19. The zero-order valence-electron chi connectivity index (χ0n) is 4.64. The third kappa shape index (κ3) is 1.82. The van der Waals surface area contributed by atoms with E-state index in [9.17, 15) is 0 Å². The third-order valence-electron chi connectivity index (χ3n) is 1.31. The molecule has 0 bridgehead atoms. The van der Waals surface area contributed by atoms with Crippen LogP contribution in [0.25, 0.3) is 0 Å². The monoisotopic (exact) mass is 192 g/mol. The first kappa shape index (κ1) is 6.69. The Balaban J connectivity index is 2.24. The second kappa shape index (κ2) is 3.57. The highest BCUT2D eigenvalue weighted by Gasteiger charge is 2.10. The summed E-state index contributed by atoms with van der Waals surface area (Å²) in [6.45, 7) is 0. The van der Waals surface area contributed by atoms with E-state index in [0.29, 0.717) is 0 Å². The van der Waals surface area contributed by atoms with Gasteiger partial charge in [0.05, 0.1) is 0 Å². The van der Waals surface area contributed by atoms with Gasteiger partial charge in [-0.15, -0.1) is 0 Å². The predicted molar refractivity (Wildman–Crippen MR) is 43.5 cm³/mol. The Morgan fingerprint density at radius 3 is 3.00 bits per heavy atom. The minimum atomic E-state index is 0.847. The van der Waals surface area contributed by atoms with E-state index in [-0.39, 0.29) is 0 Å². The summed E-state index contributed by atoms with van der Waals surface area (Å²) < 4.78 is 0. The summed E-state index contributed by atoms with van der Waals surface area (Å²) in [5, 5.41) is 0. The number of allylic oxidation sites excluding steroid dienone is 1. The summed E-state index contributed by atoms with van der Waals surface area (Å²) in [5.41, 5.74) is 0. The van der Waals surface area contributed by atoms with Crippen molar-refractivity contribution in [2.45, 2.75) is 6.42 Å². The molecule has 0 aromatic carbocycles. The molecule has 0 N–H and O–H groups in total. The van der Waals surface area contributed by atoms with Crippen LogP contribution in [0, 0.1) is 5.92 Å². The lowest BCUT2D eigenvalue weighted by atomic mass is 10.1. The van der Waals surface area contributed by atoms with Gasteiger partial charge in [0.25, 0.3) is 0 Å². The van der Waals surface area contributed by atoms with Crippen molar-refractivity contribution in [3.05, 3.63) is 11.1 Å². The van der Waals surface area contributed by atoms with Gasteiger partial charge in [-0.1, -0.05) is 22.0 Å². The van der Waals surface area contributed by atoms with Crippen LogP contribution in [0.2, 0.25) is 0 Å². The molecule has 0 aliphatic carbocycles. The molecule has 0 nitrogen and oxygen atoms in total. The Bertz CT molecular complexity index is 84.5. The van der Waals surface area contributed by atoms with Crippen LogP contribution in [0.1, 0.15) is 6.42 Å². The summed E-state index contributed by atoms with van der Waals surface area (Å²) in [6.07, 6.45) is 3.60. The van der Waals surface area contributed by atoms with E-state index >= 15 is 0 Å². The normalized spacial score (nSPS) is 29.9. The zero-order valence-corrected chi connectivity index (χ0v) is 7.04. The first-order valence-corrected chi connectivity index (χ1v) is 4.85. The van der Waals surface area contributed by atoms with Crippen LogP contribution >= 0.6 is 27.7 Å². The Hall–Kier alpha value is 0.570. The Kier molecular flexibility index (Phi) is 2.98. The quantitative estimate of drug-likeness (QED) is 0.616. The van der Waals surface area contributed by atoms with E-state index in [4.69, 9.17) is 0 Å². The largest absolute Gasteiger partial charge is 0.161 e. The molecule has 1 fully saturated rings. The van der Waals surface area contributed by atoms with Crippen molar-refractivity contribution in [2.75, 3.05) is 11.5 Å². The molecule has 8 heavy (non-hydrogen) atoms. The van der Waals surface area contributed by atoms with Crippen molar-refractivity contribution >= 4 is 27.7 Å². The Labute approximate surface area is 62.9 Å². The SMILES string of the molecule is Br/C=C/C1CCSC1. The molecule has 0 saturated carbocycles. The molecule has 1 aliphatic heterocycles. The van der Waals surface area contributed by atoms with Crippen LogP contribution in [-0.2, 0) is 0 Å². The van der Waals surface area contributed by atoms with Crippen LogP contribution in [0.3, 0.4) is 0 Å². The number of hydrogen-bond acceptors (Lipinski definition) is 1. The lowest BCUT2D eigenvalue weighted by Gasteiger charge is -1.94. The number of thioether (sulfide) groups is 1. The van der Waals surface area contributed by atoms with Crippen molar-refractivity contribution < 1.29 is 0 Å². The lowest BCUT2D eigenvalue weighted by Crippen LogP contribution is -1.89. The van der Waals surface area contributed by atoms with Gasteiger partial charge in [0, 0.05) is 0 Å². The molecule has 0 spiro atoms. The Morgan fingerprint density at radius 2 is 2.50 bits per heavy atom. The van der Waals surface area contributed by atoms with Crippen molar-refractivity contribution in [1.82, 2.24) is 0 Å². The van der Waals surface area contributed by atoms with E-state index < -0.39 is 0 Å². The lowest BCUT2D eigenvalue weighted by molar-refractivity contribution is 0.749. The van der Waals surface area contributed by atoms with Gasteiger partial charge in [0.2, 0.25) is 0 Å². The molecule has 0 radical (unpaired) electrons. The second-order valence-corrected chi connectivity index (χ2v) is 3.62. The fraction of sp³-hybridized carbons (Fsp3) is 0.667. The van der Waals surface area contributed by atoms with Gasteiger partial charge in [-0.25, -0.2) is 0 Å². The van der Waals surface area contributed by atoms with Crippen molar-refractivity contribution in [3.8, 4) is 0 Å². The summed E-state index contributed by atoms with van der Waals surface area (Å²) in [4.78, 5) is 1.98. The molecule has 46 valence electrons. The number of hydrogen-bond donors (Lipinski definition) is 0. The molecule has 0 aromatic rings. The van der Waals surface area contributed by atoms with Crippen molar-refractivity contribution in [3.63, 3.8) is 0 Å². The summed E-state index contributed by atoms with van der Waals surface area (Å²) in [5.74, 6) is 3.52. The van der Waals surface area contributed by atoms with Gasteiger partial charge < -0.3 is 0 Å². The maximum atomic E-state index is 3.27. The molecular formula is C6H9BrS. The van der Waals surface area contributed by atoms with Gasteiger partial charge in [-0.2, -0.15) is 11.8 Å². The maximum absolute atomic E-state index is 3.27. The fourth-order valence-electron chi connectivity index (χ4n) is 0.807. The first-order valence-electron chi connectivity index (χ1n) is 2.78. The number of halogens is 1. The van der Waals surface area contributed by atoms with Crippen LogP contribution in [0.4, 0.5) is 0 Å². The topological polar surface area (TPSA) is 0 Å². The van der Waals surface area contributed by atoms with Crippen LogP contribution < -0.4 is 0 Å². The van der Waals surface area contributed by atoms with Crippen molar-refractivity contribution in [2.24, 2.45) is 5.92 Å². The minimum Gasteiger partial charge on any atom is -0.161 e. The van der Waals surface area contributed by atoms with Crippen LogP contribution in [0.15, 0.2) is 11.1 Å². The molecule has 1 atom stereocenters. The first-order chi connectivity index (χ1) is 3.93. The second-order valence-electron chi connectivity index (χ2n) is 1.94. The molecular weight excluding hydrogens is 184 g/mol. The zero-order chi connectivity index (χ0) is 5.82. The van der Waals surface area contributed by atoms with Gasteiger partial charge >= 0.3 is 0 Å². The highest BCUT2D eigenvalue weighted by atomic mass is 79.9. The molecule has 1 heterocycles. The molecule has 0 amide bonds. The molecule has 2 heteroatoms. The summed E-state index contributed by atoms with van der Waals surface area (Å²) in [7, 11) is 0. The van der Waals surface area contributed by atoms with E-state index in [1.54, 1.807) is 0 Å². The smallest absolute Gasteiger partial charge is 0.000387 e. The van der Waals surface area contributed by atoms with Crippen LogP contribution in [0.5, 0.6) is 0 Å². The van der Waals surface area contributed by atoms with E-state index in [0.717, 1.165) is 5.92 Å². The van der Waals surface area contributed by atoms with Gasteiger partial charge in [-0.3, -0.25) is 0 Å². The predicted octanol–water partition coefficient (Wildman–Crippen LogP) is 2.65. The molecule has 1 aliphatic rings. The minimum absolute atomic E-state index is 0.847. The highest BCUT2D eigenvalue weighted by Crippen LogP contribution is 2.24. The molecule has 1 unspecified atom stereocenters. The van der Waals surface area contributed by atoms with E-state index in [1.807, 2.05) is 4.99 Å². The van der Waals surface area contributed by atoms with Gasteiger partial charge in [-0.05, 0) is 28.8 Å².